The zero-order valence-corrected chi connectivity index (χ0v) is 12.5. The minimum Gasteiger partial charge on any atom is -0.167 e. The molecule has 18 heavy (non-hydrogen) atoms. The predicted molar refractivity (Wildman–Crippen MR) is 72.4 cm³/mol. The van der Waals surface area contributed by atoms with E-state index in [1.807, 2.05) is 0 Å². The summed E-state index contributed by atoms with van der Waals surface area (Å²) in [6.07, 6.45) is 4.38. The highest BCUT2D eigenvalue weighted by molar-refractivity contribution is 6.20. The zero-order valence-electron chi connectivity index (χ0n) is 11.7. The molecule has 1 fully saturated rings. The van der Waals surface area contributed by atoms with E-state index in [0.717, 1.165) is 24.6 Å². The van der Waals surface area contributed by atoms with Gasteiger partial charge in [-0.2, -0.15) is 4.80 Å². The Morgan fingerprint density at radius 1 is 1.33 bits per heavy atom. The standard InChI is InChI=1S/C13H23ClN4/c1-13(2,3)10-5-6-11(14)9(7-10)8-12-15-17-18(4)16-12/h9-11H,5-8H2,1-4H3. The number of aryl methyl sites for hydroxylation is 1. The van der Waals surface area contributed by atoms with Crippen molar-refractivity contribution in [2.24, 2.45) is 24.3 Å². The van der Waals surface area contributed by atoms with Crippen LogP contribution < -0.4 is 0 Å². The number of tetrazole rings is 1. The first-order valence-electron chi connectivity index (χ1n) is 6.73. The molecule has 3 unspecified atom stereocenters. The van der Waals surface area contributed by atoms with Gasteiger partial charge < -0.3 is 0 Å². The Morgan fingerprint density at radius 2 is 2.06 bits per heavy atom. The first kappa shape index (κ1) is 13.8. The first-order chi connectivity index (χ1) is 8.36. The SMILES string of the molecule is Cn1nnc(CC2CC(C(C)(C)C)CCC2Cl)n1. The van der Waals surface area contributed by atoms with Crippen LogP contribution in [-0.4, -0.2) is 25.6 Å². The molecular weight excluding hydrogens is 248 g/mol. The van der Waals surface area contributed by atoms with E-state index >= 15 is 0 Å². The van der Waals surface area contributed by atoms with E-state index in [9.17, 15) is 0 Å². The lowest BCUT2D eigenvalue weighted by atomic mass is 9.68. The van der Waals surface area contributed by atoms with Crippen molar-refractivity contribution in [1.82, 2.24) is 20.2 Å². The molecule has 3 atom stereocenters. The number of nitrogens with zero attached hydrogens (tertiary/aromatic N) is 4. The van der Waals surface area contributed by atoms with Crippen LogP contribution in [0.2, 0.25) is 0 Å². The van der Waals surface area contributed by atoms with E-state index in [1.165, 1.54) is 17.6 Å². The van der Waals surface area contributed by atoms with Crippen LogP contribution in [0.4, 0.5) is 0 Å². The van der Waals surface area contributed by atoms with Crippen molar-refractivity contribution >= 4 is 11.6 Å². The van der Waals surface area contributed by atoms with Crippen LogP contribution in [0.15, 0.2) is 0 Å². The Balaban J connectivity index is 2.02. The molecule has 1 aromatic rings. The molecule has 0 aliphatic heterocycles. The van der Waals surface area contributed by atoms with Crippen LogP contribution in [0.3, 0.4) is 0 Å². The fourth-order valence-electron chi connectivity index (χ4n) is 2.86. The molecule has 4 nitrogen and oxygen atoms in total. The van der Waals surface area contributed by atoms with Gasteiger partial charge in [0.15, 0.2) is 5.82 Å². The van der Waals surface area contributed by atoms with Gasteiger partial charge in [-0.1, -0.05) is 20.8 Å². The number of aromatic nitrogens is 4. The van der Waals surface area contributed by atoms with Gasteiger partial charge in [0.2, 0.25) is 0 Å². The molecule has 0 radical (unpaired) electrons. The van der Waals surface area contributed by atoms with Crippen molar-refractivity contribution in [2.75, 3.05) is 0 Å². The minimum atomic E-state index is 0.257. The lowest BCUT2D eigenvalue weighted by Gasteiger charge is -2.39. The molecule has 0 amide bonds. The number of alkyl halides is 1. The molecule has 2 rings (SSSR count). The van der Waals surface area contributed by atoms with Crippen LogP contribution in [0, 0.1) is 17.3 Å². The molecule has 1 aliphatic carbocycles. The molecule has 0 saturated heterocycles. The third kappa shape index (κ3) is 3.22. The van der Waals surface area contributed by atoms with E-state index < -0.39 is 0 Å². The Kier molecular flexibility index (Phi) is 3.95. The summed E-state index contributed by atoms with van der Waals surface area (Å²) in [7, 11) is 1.80. The van der Waals surface area contributed by atoms with E-state index in [0.29, 0.717) is 11.3 Å². The quantitative estimate of drug-likeness (QED) is 0.776. The van der Waals surface area contributed by atoms with Gasteiger partial charge in [-0.3, -0.25) is 0 Å². The molecule has 5 heteroatoms. The topological polar surface area (TPSA) is 43.6 Å². The number of rotatable bonds is 2. The largest absolute Gasteiger partial charge is 0.175 e. The maximum atomic E-state index is 6.47. The molecular formula is C13H23ClN4. The highest BCUT2D eigenvalue weighted by atomic mass is 35.5. The third-order valence-electron chi connectivity index (χ3n) is 4.11. The summed E-state index contributed by atoms with van der Waals surface area (Å²) in [5, 5.41) is 12.5. The van der Waals surface area contributed by atoms with Crippen LogP contribution in [0.1, 0.15) is 45.9 Å². The van der Waals surface area contributed by atoms with Gasteiger partial charge in [0.05, 0.1) is 7.05 Å². The number of hydrogen-bond donors (Lipinski definition) is 0. The summed E-state index contributed by atoms with van der Waals surface area (Å²) in [5.41, 5.74) is 0.366. The van der Waals surface area contributed by atoms with Gasteiger partial charge in [-0.25, -0.2) is 0 Å². The fraction of sp³-hybridized carbons (Fsp3) is 0.923. The van der Waals surface area contributed by atoms with Crippen molar-refractivity contribution < 1.29 is 0 Å². The zero-order chi connectivity index (χ0) is 13.3. The highest BCUT2D eigenvalue weighted by Gasteiger charge is 2.35. The predicted octanol–water partition coefficient (Wildman–Crippen LogP) is 2.82. The van der Waals surface area contributed by atoms with Crippen molar-refractivity contribution in [2.45, 2.75) is 51.8 Å². The van der Waals surface area contributed by atoms with Crippen molar-refractivity contribution in [1.29, 1.82) is 0 Å². The molecule has 1 aromatic heterocycles. The molecule has 1 aliphatic rings. The third-order valence-corrected chi connectivity index (χ3v) is 4.68. The first-order valence-corrected chi connectivity index (χ1v) is 7.17. The lowest BCUT2D eigenvalue weighted by molar-refractivity contribution is 0.143. The van der Waals surface area contributed by atoms with E-state index in [-0.39, 0.29) is 5.38 Å². The maximum Gasteiger partial charge on any atom is 0.175 e. The Morgan fingerprint density at radius 3 is 2.61 bits per heavy atom. The molecule has 0 aromatic carbocycles. The molecule has 1 heterocycles. The second kappa shape index (κ2) is 5.16. The Hall–Kier alpha value is -0.640. The van der Waals surface area contributed by atoms with Crippen LogP contribution in [0.5, 0.6) is 0 Å². The lowest BCUT2D eigenvalue weighted by Crippen LogP contribution is -2.33. The van der Waals surface area contributed by atoms with E-state index in [1.54, 1.807) is 7.05 Å². The van der Waals surface area contributed by atoms with Crippen LogP contribution in [-0.2, 0) is 13.5 Å². The Bertz CT molecular complexity index is 396. The van der Waals surface area contributed by atoms with E-state index in [4.69, 9.17) is 11.6 Å². The second-order valence-corrected chi connectivity index (χ2v) is 7.11. The monoisotopic (exact) mass is 270 g/mol. The summed E-state index contributed by atoms with van der Waals surface area (Å²) in [6, 6.07) is 0. The van der Waals surface area contributed by atoms with Gasteiger partial charge in [0, 0.05) is 11.8 Å². The molecule has 0 bridgehead atoms. The smallest absolute Gasteiger partial charge is 0.167 e. The van der Waals surface area contributed by atoms with Gasteiger partial charge in [0.25, 0.3) is 0 Å². The Labute approximate surface area is 114 Å². The van der Waals surface area contributed by atoms with Gasteiger partial charge >= 0.3 is 0 Å². The van der Waals surface area contributed by atoms with Crippen molar-refractivity contribution in [3.05, 3.63) is 5.82 Å². The molecule has 0 N–H and O–H groups in total. The van der Waals surface area contributed by atoms with Crippen LogP contribution >= 0.6 is 11.6 Å². The van der Waals surface area contributed by atoms with Gasteiger partial charge in [-0.15, -0.1) is 21.8 Å². The minimum absolute atomic E-state index is 0.257. The van der Waals surface area contributed by atoms with E-state index in [2.05, 4.69) is 36.2 Å². The van der Waals surface area contributed by atoms with Gasteiger partial charge in [-0.05, 0) is 41.7 Å². The molecule has 1 saturated carbocycles. The molecule has 102 valence electrons. The summed E-state index contributed by atoms with van der Waals surface area (Å²) in [5.74, 6) is 2.05. The van der Waals surface area contributed by atoms with Crippen molar-refractivity contribution in [3.63, 3.8) is 0 Å². The average Bonchev–Trinajstić information content (AvgIpc) is 2.66. The van der Waals surface area contributed by atoms with Crippen molar-refractivity contribution in [3.8, 4) is 0 Å². The van der Waals surface area contributed by atoms with Crippen LogP contribution in [0.25, 0.3) is 0 Å². The normalized spacial score (nSPS) is 29.5. The summed E-state index contributed by atoms with van der Waals surface area (Å²) in [6.45, 7) is 6.97. The maximum absolute atomic E-state index is 6.47. The highest BCUT2D eigenvalue weighted by Crippen LogP contribution is 2.42. The number of halogens is 1. The second-order valence-electron chi connectivity index (χ2n) is 6.55. The number of hydrogen-bond acceptors (Lipinski definition) is 3. The van der Waals surface area contributed by atoms with Gasteiger partial charge in [0.1, 0.15) is 0 Å². The summed E-state index contributed by atoms with van der Waals surface area (Å²) < 4.78 is 0. The summed E-state index contributed by atoms with van der Waals surface area (Å²) in [4.78, 5) is 1.52. The fourth-order valence-corrected chi connectivity index (χ4v) is 3.18. The molecule has 0 spiro atoms. The summed E-state index contributed by atoms with van der Waals surface area (Å²) >= 11 is 6.47. The average molecular weight is 271 g/mol.